The first-order valence-electron chi connectivity index (χ1n) is 5.12. The first-order valence-corrected chi connectivity index (χ1v) is 5.12. The third-order valence-electron chi connectivity index (χ3n) is 2.46. The molecule has 0 saturated heterocycles. The summed E-state index contributed by atoms with van der Waals surface area (Å²) >= 11 is 0. The molecule has 0 fully saturated rings. The molecular weight excluding hydrogens is 202 g/mol. The van der Waals surface area contributed by atoms with Gasteiger partial charge in [0.15, 0.2) is 0 Å². The fourth-order valence-electron chi connectivity index (χ4n) is 1.61. The average Bonchev–Trinajstić information content (AvgIpc) is 2.29. The minimum Gasteiger partial charge on any atom is -0.469 e. The van der Waals surface area contributed by atoms with Crippen molar-refractivity contribution in [1.82, 2.24) is 4.98 Å². The maximum absolute atomic E-state index is 11.1. The van der Waals surface area contributed by atoms with E-state index >= 15 is 0 Å². The van der Waals surface area contributed by atoms with Gasteiger partial charge < -0.3 is 4.74 Å². The van der Waals surface area contributed by atoms with E-state index in [-0.39, 0.29) is 12.4 Å². The molecule has 2 aromatic rings. The first-order chi connectivity index (χ1) is 7.69. The molecule has 16 heavy (non-hydrogen) atoms. The van der Waals surface area contributed by atoms with Gasteiger partial charge in [-0.1, -0.05) is 17.7 Å². The molecule has 2 rings (SSSR count). The summed E-state index contributed by atoms with van der Waals surface area (Å²) in [5.74, 6) is -0.265. The molecular formula is C13H13NO2. The topological polar surface area (TPSA) is 39.2 Å². The zero-order valence-corrected chi connectivity index (χ0v) is 9.36. The van der Waals surface area contributed by atoms with E-state index in [9.17, 15) is 4.79 Å². The number of benzene rings is 1. The Bertz CT molecular complexity index is 534. The molecule has 0 aliphatic rings. The molecule has 0 radical (unpaired) electrons. The van der Waals surface area contributed by atoms with Gasteiger partial charge in [0.25, 0.3) is 0 Å². The number of fused-ring (bicyclic) bond motifs is 1. The highest BCUT2D eigenvalue weighted by Crippen LogP contribution is 2.14. The fourth-order valence-corrected chi connectivity index (χ4v) is 1.61. The molecule has 0 bridgehead atoms. The number of aromatic nitrogens is 1. The van der Waals surface area contributed by atoms with Gasteiger partial charge in [-0.15, -0.1) is 0 Å². The van der Waals surface area contributed by atoms with Crippen molar-refractivity contribution in [2.45, 2.75) is 13.3 Å². The number of hydrogen-bond acceptors (Lipinski definition) is 3. The molecule has 3 nitrogen and oxygen atoms in total. The minimum absolute atomic E-state index is 0.223. The lowest BCUT2D eigenvalue weighted by Crippen LogP contribution is -2.05. The Balaban J connectivity index is 2.37. The van der Waals surface area contributed by atoms with E-state index in [1.165, 1.54) is 12.7 Å². The summed E-state index contributed by atoms with van der Waals surface area (Å²) < 4.78 is 4.61. The van der Waals surface area contributed by atoms with Crippen LogP contribution in [-0.4, -0.2) is 18.1 Å². The number of rotatable bonds is 2. The molecule has 0 unspecified atom stereocenters. The Morgan fingerprint density at radius 2 is 2.12 bits per heavy atom. The smallest absolute Gasteiger partial charge is 0.311 e. The Kier molecular flexibility index (Phi) is 2.86. The molecule has 0 aliphatic carbocycles. The number of carbonyl (C=O) groups excluding carboxylic acids is 1. The SMILES string of the molecule is COC(=O)Cc1ccc2cc(C)ccc2n1. The van der Waals surface area contributed by atoms with Gasteiger partial charge >= 0.3 is 5.97 Å². The van der Waals surface area contributed by atoms with Gasteiger partial charge in [0.1, 0.15) is 0 Å². The van der Waals surface area contributed by atoms with Crippen LogP contribution in [0.25, 0.3) is 10.9 Å². The Morgan fingerprint density at radius 1 is 1.31 bits per heavy atom. The highest BCUT2D eigenvalue weighted by molar-refractivity contribution is 5.80. The van der Waals surface area contributed by atoms with Crippen LogP contribution in [0.3, 0.4) is 0 Å². The van der Waals surface area contributed by atoms with Gasteiger partial charge in [-0.25, -0.2) is 0 Å². The highest BCUT2D eigenvalue weighted by atomic mass is 16.5. The van der Waals surface area contributed by atoms with E-state index < -0.39 is 0 Å². The maximum Gasteiger partial charge on any atom is 0.311 e. The van der Waals surface area contributed by atoms with Crippen molar-refractivity contribution >= 4 is 16.9 Å². The number of aryl methyl sites for hydroxylation is 1. The first kappa shape index (κ1) is 10.6. The summed E-state index contributed by atoms with van der Waals surface area (Å²) in [5.41, 5.74) is 2.85. The second-order valence-corrected chi connectivity index (χ2v) is 3.75. The van der Waals surface area contributed by atoms with Crippen LogP contribution in [0.15, 0.2) is 30.3 Å². The molecule has 0 aliphatic heterocycles. The second-order valence-electron chi connectivity index (χ2n) is 3.75. The molecule has 0 saturated carbocycles. The monoisotopic (exact) mass is 215 g/mol. The standard InChI is InChI=1S/C13H13NO2/c1-9-3-6-12-10(7-9)4-5-11(14-12)8-13(15)16-2/h3-7H,8H2,1-2H3. The summed E-state index contributed by atoms with van der Waals surface area (Å²) in [5, 5.41) is 1.09. The lowest BCUT2D eigenvalue weighted by atomic mass is 10.1. The average molecular weight is 215 g/mol. The van der Waals surface area contributed by atoms with Crippen LogP contribution in [0.1, 0.15) is 11.3 Å². The van der Waals surface area contributed by atoms with Crippen LogP contribution in [0.2, 0.25) is 0 Å². The number of esters is 1. The molecule has 0 atom stereocenters. The summed E-state index contributed by atoms with van der Waals surface area (Å²) in [6.45, 7) is 2.04. The predicted molar refractivity (Wildman–Crippen MR) is 62.2 cm³/mol. The quantitative estimate of drug-likeness (QED) is 0.721. The highest BCUT2D eigenvalue weighted by Gasteiger charge is 2.04. The molecule has 0 amide bonds. The zero-order chi connectivity index (χ0) is 11.5. The lowest BCUT2D eigenvalue weighted by molar-refractivity contribution is -0.139. The molecule has 82 valence electrons. The van der Waals surface area contributed by atoms with E-state index in [1.807, 2.05) is 31.2 Å². The van der Waals surface area contributed by atoms with Crippen LogP contribution in [0.4, 0.5) is 0 Å². The Labute approximate surface area is 94.1 Å². The number of hydrogen-bond donors (Lipinski definition) is 0. The van der Waals surface area contributed by atoms with Crippen molar-refractivity contribution in [3.63, 3.8) is 0 Å². The van der Waals surface area contributed by atoms with Crippen LogP contribution in [0.5, 0.6) is 0 Å². The summed E-state index contributed by atoms with van der Waals surface area (Å²) in [7, 11) is 1.38. The Hall–Kier alpha value is -1.90. The number of nitrogens with zero attached hydrogens (tertiary/aromatic N) is 1. The van der Waals surface area contributed by atoms with Crippen molar-refractivity contribution in [3.8, 4) is 0 Å². The Morgan fingerprint density at radius 3 is 2.88 bits per heavy atom. The largest absolute Gasteiger partial charge is 0.469 e. The number of pyridine rings is 1. The molecule has 1 heterocycles. The summed E-state index contributed by atoms with van der Waals surface area (Å²) in [6, 6.07) is 9.89. The predicted octanol–water partition coefficient (Wildman–Crippen LogP) is 2.26. The molecule has 1 aromatic carbocycles. The second kappa shape index (κ2) is 4.31. The van der Waals surface area contributed by atoms with Gasteiger partial charge in [0, 0.05) is 5.39 Å². The number of ether oxygens (including phenoxy) is 1. The zero-order valence-electron chi connectivity index (χ0n) is 9.36. The van der Waals surface area contributed by atoms with Gasteiger partial charge in [0.05, 0.1) is 24.7 Å². The third-order valence-corrected chi connectivity index (χ3v) is 2.46. The molecule has 0 N–H and O–H groups in total. The van der Waals surface area contributed by atoms with Gasteiger partial charge in [-0.3, -0.25) is 9.78 Å². The van der Waals surface area contributed by atoms with Crippen LogP contribution >= 0.6 is 0 Å². The van der Waals surface area contributed by atoms with Crippen LogP contribution in [0, 0.1) is 6.92 Å². The van der Waals surface area contributed by atoms with E-state index in [1.54, 1.807) is 0 Å². The van der Waals surface area contributed by atoms with Gasteiger partial charge in [0.2, 0.25) is 0 Å². The lowest BCUT2D eigenvalue weighted by Gasteiger charge is -2.02. The summed E-state index contributed by atoms with van der Waals surface area (Å²) in [4.78, 5) is 15.5. The van der Waals surface area contributed by atoms with Gasteiger partial charge in [-0.05, 0) is 25.1 Å². The third kappa shape index (κ3) is 2.19. The summed E-state index contributed by atoms with van der Waals surface area (Å²) in [6.07, 6.45) is 0.223. The van der Waals surface area contributed by atoms with Crippen LogP contribution in [-0.2, 0) is 16.0 Å². The van der Waals surface area contributed by atoms with Crippen molar-refractivity contribution in [1.29, 1.82) is 0 Å². The van der Waals surface area contributed by atoms with E-state index in [0.717, 1.165) is 16.6 Å². The van der Waals surface area contributed by atoms with Crippen molar-refractivity contribution in [2.24, 2.45) is 0 Å². The molecule has 3 heteroatoms. The van der Waals surface area contributed by atoms with E-state index in [0.29, 0.717) is 0 Å². The van der Waals surface area contributed by atoms with Crippen molar-refractivity contribution < 1.29 is 9.53 Å². The van der Waals surface area contributed by atoms with E-state index in [2.05, 4.69) is 15.8 Å². The normalized spacial score (nSPS) is 10.4. The minimum atomic E-state index is -0.265. The number of carbonyl (C=O) groups is 1. The van der Waals surface area contributed by atoms with E-state index in [4.69, 9.17) is 0 Å². The molecule has 1 aromatic heterocycles. The van der Waals surface area contributed by atoms with Crippen LogP contribution < -0.4 is 0 Å². The van der Waals surface area contributed by atoms with Crippen molar-refractivity contribution in [2.75, 3.05) is 7.11 Å². The van der Waals surface area contributed by atoms with Gasteiger partial charge in [-0.2, -0.15) is 0 Å². The fraction of sp³-hybridized carbons (Fsp3) is 0.231. The molecule has 0 spiro atoms. The van der Waals surface area contributed by atoms with Crippen molar-refractivity contribution in [3.05, 3.63) is 41.6 Å². The number of methoxy groups -OCH3 is 1. The maximum atomic E-state index is 11.1.